The van der Waals surface area contributed by atoms with Gasteiger partial charge in [-0.25, -0.2) is 16.8 Å². The highest BCUT2D eigenvalue weighted by atomic mass is 35.5. The average Bonchev–Trinajstić information content (AvgIpc) is 2.79. The van der Waals surface area contributed by atoms with Crippen molar-refractivity contribution in [2.45, 2.75) is 24.7 Å². The number of carbonyl (C=O) groups is 1. The molecule has 0 aliphatic carbocycles. The fraction of sp³-hybridized carbons (Fsp3) is 0.208. The van der Waals surface area contributed by atoms with Crippen molar-refractivity contribution in [2.24, 2.45) is 0 Å². The number of hydrogen-bond donors (Lipinski definition) is 2. The van der Waals surface area contributed by atoms with Crippen LogP contribution in [0.4, 0.5) is 17.1 Å². The Morgan fingerprint density at radius 2 is 1.61 bits per heavy atom. The number of hydrogen-bond acceptors (Lipinski definition) is 5. The molecule has 0 aromatic heterocycles. The number of amides is 1. The largest absolute Gasteiger partial charge is 0.326 e. The Morgan fingerprint density at radius 1 is 0.944 bits per heavy atom. The molecule has 3 aromatic carbocycles. The first-order valence-electron chi connectivity index (χ1n) is 10.8. The van der Waals surface area contributed by atoms with E-state index in [2.05, 4.69) is 10.0 Å². The number of anilines is 3. The zero-order chi connectivity index (χ0) is 26.5. The van der Waals surface area contributed by atoms with Crippen LogP contribution >= 0.6 is 23.2 Å². The highest BCUT2D eigenvalue weighted by Gasteiger charge is 2.21. The number of para-hydroxylation sites is 1. The topological polar surface area (TPSA) is 113 Å². The van der Waals surface area contributed by atoms with E-state index < -0.39 is 20.0 Å². The van der Waals surface area contributed by atoms with Crippen LogP contribution in [0.3, 0.4) is 0 Å². The molecule has 0 aliphatic rings. The van der Waals surface area contributed by atoms with Crippen molar-refractivity contribution in [1.29, 1.82) is 0 Å². The molecule has 3 rings (SSSR count). The molecule has 0 aliphatic heterocycles. The molecule has 0 spiro atoms. The van der Waals surface area contributed by atoms with E-state index in [9.17, 15) is 21.6 Å². The number of halogens is 2. The second-order valence-corrected chi connectivity index (χ2v) is 12.5. The van der Waals surface area contributed by atoms with E-state index in [0.29, 0.717) is 16.4 Å². The lowest BCUT2D eigenvalue weighted by Gasteiger charge is -2.23. The van der Waals surface area contributed by atoms with Gasteiger partial charge in [0.15, 0.2) is 0 Å². The molecule has 8 nitrogen and oxygen atoms in total. The molecule has 12 heteroatoms. The van der Waals surface area contributed by atoms with Crippen LogP contribution in [-0.2, 0) is 24.8 Å². The Hall–Kier alpha value is -2.79. The molecular formula is C24H25Cl2N3O5S2. The molecule has 0 saturated carbocycles. The highest BCUT2D eigenvalue weighted by Crippen LogP contribution is 2.31. The Kier molecular flexibility index (Phi) is 8.89. The number of aryl methyl sites for hydroxylation is 1. The number of sulfonamides is 2. The summed E-state index contributed by atoms with van der Waals surface area (Å²) in [6.45, 7) is 1.82. The molecule has 0 unspecified atom stereocenters. The molecule has 1 amide bonds. The average molecular weight is 571 g/mol. The van der Waals surface area contributed by atoms with E-state index in [1.807, 2.05) is 6.07 Å². The summed E-state index contributed by atoms with van der Waals surface area (Å²) in [6, 6.07) is 17.3. The summed E-state index contributed by atoms with van der Waals surface area (Å²) in [4.78, 5) is 12.5. The third kappa shape index (κ3) is 7.36. The van der Waals surface area contributed by atoms with Gasteiger partial charge in [-0.2, -0.15) is 0 Å². The van der Waals surface area contributed by atoms with E-state index in [1.54, 1.807) is 31.2 Å². The molecule has 0 bridgehead atoms. The molecule has 0 heterocycles. The predicted molar refractivity (Wildman–Crippen MR) is 145 cm³/mol. The second-order valence-electron chi connectivity index (χ2n) is 8.03. The minimum atomic E-state index is -3.80. The van der Waals surface area contributed by atoms with Gasteiger partial charge >= 0.3 is 0 Å². The van der Waals surface area contributed by atoms with Crippen molar-refractivity contribution in [3.63, 3.8) is 0 Å². The second kappa shape index (κ2) is 11.5. The molecule has 36 heavy (non-hydrogen) atoms. The molecule has 0 saturated heterocycles. The summed E-state index contributed by atoms with van der Waals surface area (Å²) in [5.41, 5.74) is 1.92. The zero-order valence-electron chi connectivity index (χ0n) is 19.5. The lowest BCUT2D eigenvalue weighted by atomic mass is 10.2. The highest BCUT2D eigenvalue weighted by molar-refractivity contribution is 7.92. The van der Waals surface area contributed by atoms with Crippen molar-refractivity contribution < 1.29 is 21.6 Å². The van der Waals surface area contributed by atoms with Crippen molar-refractivity contribution in [3.05, 3.63) is 82.3 Å². The Bertz CT molecular complexity index is 1460. The fourth-order valence-corrected chi connectivity index (χ4v) is 5.89. The first-order chi connectivity index (χ1) is 16.9. The van der Waals surface area contributed by atoms with Crippen LogP contribution in [0.15, 0.2) is 71.6 Å². The number of nitrogens with zero attached hydrogens (tertiary/aromatic N) is 1. The van der Waals surface area contributed by atoms with E-state index >= 15 is 0 Å². The van der Waals surface area contributed by atoms with Gasteiger partial charge in [-0.1, -0.05) is 41.4 Å². The standard InChI is InChI=1S/C24H25Cl2N3O5S2/c1-17-6-3-4-7-22(17)28-36(33,34)20-12-10-19(11-13-20)27-24(30)8-5-15-29(35(2,31)32)23-16-18(25)9-14-21(23)26/h3-4,6-7,9-14,16,28H,5,8,15H2,1-2H3,(H,27,30). The van der Waals surface area contributed by atoms with Gasteiger partial charge in [-0.05, 0) is 67.4 Å². The van der Waals surface area contributed by atoms with Crippen LogP contribution in [0.2, 0.25) is 10.0 Å². The lowest BCUT2D eigenvalue weighted by Crippen LogP contribution is -2.31. The first-order valence-corrected chi connectivity index (χ1v) is 14.9. The van der Waals surface area contributed by atoms with Gasteiger partial charge in [0.1, 0.15) is 0 Å². The van der Waals surface area contributed by atoms with Crippen LogP contribution in [0.25, 0.3) is 0 Å². The van der Waals surface area contributed by atoms with Crippen LogP contribution in [0.5, 0.6) is 0 Å². The fourth-order valence-electron chi connectivity index (χ4n) is 3.36. The normalized spacial score (nSPS) is 11.7. The number of carbonyl (C=O) groups excluding carboxylic acids is 1. The zero-order valence-corrected chi connectivity index (χ0v) is 22.7. The molecule has 0 atom stereocenters. The predicted octanol–water partition coefficient (Wildman–Crippen LogP) is 5.29. The van der Waals surface area contributed by atoms with Gasteiger partial charge < -0.3 is 5.32 Å². The molecular weight excluding hydrogens is 545 g/mol. The third-order valence-electron chi connectivity index (χ3n) is 5.18. The summed E-state index contributed by atoms with van der Waals surface area (Å²) >= 11 is 12.1. The van der Waals surface area contributed by atoms with E-state index in [-0.39, 0.29) is 40.9 Å². The summed E-state index contributed by atoms with van der Waals surface area (Å²) in [6.07, 6.45) is 1.29. The smallest absolute Gasteiger partial charge is 0.261 e. The minimum Gasteiger partial charge on any atom is -0.326 e. The van der Waals surface area contributed by atoms with Crippen LogP contribution < -0.4 is 14.3 Å². The summed E-state index contributed by atoms with van der Waals surface area (Å²) in [5.74, 6) is -0.353. The van der Waals surface area contributed by atoms with Gasteiger partial charge in [0.05, 0.1) is 27.5 Å². The molecule has 2 N–H and O–H groups in total. The number of benzene rings is 3. The Morgan fingerprint density at radius 3 is 2.25 bits per heavy atom. The quantitative estimate of drug-likeness (QED) is 0.344. The molecule has 192 valence electrons. The lowest BCUT2D eigenvalue weighted by molar-refractivity contribution is -0.116. The third-order valence-corrected chi connectivity index (χ3v) is 8.30. The van der Waals surface area contributed by atoms with Crippen LogP contribution in [-0.4, -0.2) is 35.5 Å². The van der Waals surface area contributed by atoms with Gasteiger partial charge in [0, 0.05) is 23.7 Å². The maximum absolute atomic E-state index is 12.7. The number of nitrogens with one attached hydrogen (secondary N) is 2. The van der Waals surface area contributed by atoms with E-state index in [0.717, 1.165) is 16.1 Å². The molecule has 0 radical (unpaired) electrons. The minimum absolute atomic E-state index is 0.0219. The maximum atomic E-state index is 12.7. The van der Waals surface area contributed by atoms with Crippen molar-refractivity contribution >= 4 is 66.2 Å². The van der Waals surface area contributed by atoms with Gasteiger partial charge in [-0.3, -0.25) is 13.8 Å². The van der Waals surface area contributed by atoms with E-state index in [4.69, 9.17) is 23.2 Å². The first kappa shape index (κ1) is 27.8. The monoisotopic (exact) mass is 569 g/mol. The van der Waals surface area contributed by atoms with Crippen LogP contribution in [0, 0.1) is 6.92 Å². The summed E-state index contributed by atoms with van der Waals surface area (Å²) in [5, 5.41) is 3.24. The van der Waals surface area contributed by atoms with Crippen molar-refractivity contribution in [3.8, 4) is 0 Å². The van der Waals surface area contributed by atoms with Crippen LogP contribution in [0.1, 0.15) is 18.4 Å². The Balaban J connectivity index is 1.60. The summed E-state index contributed by atoms with van der Waals surface area (Å²) in [7, 11) is -7.46. The molecule has 0 fully saturated rings. The summed E-state index contributed by atoms with van der Waals surface area (Å²) < 4.78 is 53.5. The van der Waals surface area contributed by atoms with Crippen molar-refractivity contribution in [1.82, 2.24) is 0 Å². The Labute approximate surface area is 221 Å². The maximum Gasteiger partial charge on any atom is 0.261 e. The molecule has 3 aromatic rings. The van der Waals surface area contributed by atoms with Gasteiger partial charge in [0.25, 0.3) is 10.0 Å². The van der Waals surface area contributed by atoms with Crippen molar-refractivity contribution in [2.75, 3.05) is 27.1 Å². The SMILES string of the molecule is Cc1ccccc1NS(=O)(=O)c1ccc(NC(=O)CCCN(c2cc(Cl)ccc2Cl)S(C)(=O)=O)cc1. The number of rotatable bonds is 10. The van der Waals surface area contributed by atoms with E-state index in [1.165, 1.54) is 36.4 Å². The van der Waals surface area contributed by atoms with Gasteiger partial charge in [-0.15, -0.1) is 0 Å². The van der Waals surface area contributed by atoms with Gasteiger partial charge in [0.2, 0.25) is 15.9 Å².